The Morgan fingerprint density at radius 2 is 1.62 bits per heavy atom. The van der Waals surface area contributed by atoms with Crippen LogP contribution in [0.5, 0.6) is 0 Å². The number of benzene rings is 2. The highest BCUT2D eigenvalue weighted by atomic mass is 19.1. The maximum atomic E-state index is 13.3. The summed E-state index contributed by atoms with van der Waals surface area (Å²) in [4.78, 5) is 13.4. The lowest BCUT2D eigenvalue weighted by atomic mass is 10.1. The van der Waals surface area contributed by atoms with Crippen molar-refractivity contribution in [1.82, 2.24) is 24.6 Å². The van der Waals surface area contributed by atoms with Crippen LogP contribution in [0.25, 0.3) is 28.4 Å². The van der Waals surface area contributed by atoms with E-state index >= 15 is 0 Å². The molecule has 5 rings (SSSR count). The molecule has 0 saturated carbocycles. The van der Waals surface area contributed by atoms with Crippen LogP contribution in [0.4, 0.5) is 15.9 Å². The van der Waals surface area contributed by atoms with E-state index in [0.717, 1.165) is 22.5 Å². The van der Waals surface area contributed by atoms with Crippen molar-refractivity contribution in [3.8, 4) is 22.6 Å². The van der Waals surface area contributed by atoms with Gasteiger partial charge in [0.05, 0.1) is 5.69 Å². The Kier molecular flexibility index (Phi) is 4.18. The normalized spacial score (nSPS) is 10.9. The first-order valence-electron chi connectivity index (χ1n) is 9.02. The summed E-state index contributed by atoms with van der Waals surface area (Å²) in [5, 5.41) is 7.89. The molecule has 7 heteroatoms. The Balaban J connectivity index is 1.67. The van der Waals surface area contributed by atoms with Crippen molar-refractivity contribution in [3.05, 3.63) is 91.0 Å². The number of aromatic nitrogens is 5. The van der Waals surface area contributed by atoms with Gasteiger partial charge in [-0.1, -0.05) is 30.3 Å². The number of pyridine rings is 1. The summed E-state index contributed by atoms with van der Waals surface area (Å²) in [6.45, 7) is 0. The third-order valence-electron chi connectivity index (χ3n) is 4.42. The van der Waals surface area contributed by atoms with Crippen molar-refractivity contribution in [1.29, 1.82) is 0 Å². The molecule has 29 heavy (non-hydrogen) atoms. The summed E-state index contributed by atoms with van der Waals surface area (Å²) in [6, 6.07) is 21.6. The van der Waals surface area contributed by atoms with Gasteiger partial charge in [0, 0.05) is 35.3 Å². The topological polar surface area (TPSA) is 68.0 Å². The fourth-order valence-corrected chi connectivity index (χ4v) is 3.01. The zero-order chi connectivity index (χ0) is 19.6. The highest BCUT2D eigenvalue weighted by Crippen LogP contribution is 2.25. The van der Waals surface area contributed by atoms with E-state index in [1.165, 1.54) is 12.1 Å². The van der Waals surface area contributed by atoms with Gasteiger partial charge in [0.2, 0.25) is 0 Å². The van der Waals surface area contributed by atoms with E-state index in [9.17, 15) is 4.39 Å². The minimum Gasteiger partial charge on any atom is -0.340 e. The first-order valence-corrected chi connectivity index (χ1v) is 9.02. The van der Waals surface area contributed by atoms with Crippen LogP contribution in [-0.4, -0.2) is 24.6 Å². The van der Waals surface area contributed by atoms with E-state index < -0.39 is 0 Å². The quantitative estimate of drug-likeness (QED) is 0.486. The van der Waals surface area contributed by atoms with Gasteiger partial charge in [-0.3, -0.25) is 4.98 Å². The van der Waals surface area contributed by atoms with Crippen LogP contribution < -0.4 is 5.32 Å². The summed E-state index contributed by atoms with van der Waals surface area (Å²) >= 11 is 0. The van der Waals surface area contributed by atoms with Gasteiger partial charge in [0.15, 0.2) is 5.82 Å². The van der Waals surface area contributed by atoms with Crippen LogP contribution in [0.2, 0.25) is 0 Å². The van der Waals surface area contributed by atoms with E-state index in [-0.39, 0.29) is 5.82 Å². The predicted molar refractivity (Wildman–Crippen MR) is 109 cm³/mol. The molecule has 5 aromatic rings. The molecule has 140 valence electrons. The summed E-state index contributed by atoms with van der Waals surface area (Å²) in [7, 11) is 0. The standard InChI is InChI=1S/C22H15FN6/c23-17-8-10-18(11-9-17)25-20-13-19(15-5-2-1-3-6-15)26-22-27-21(28-29(20)22)16-7-4-12-24-14-16/h1-14,25H. The van der Waals surface area contributed by atoms with Crippen LogP contribution in [0, 0.1) is 5.82 Å². The average molecular weight is 382 g/mol. The van der Waals surface area contributed by atoms with Crippen LogP contribution in [0.3, 0.4) is 0 Å². The molecule has 3 aromatic heterocycles. The Labute approximate surface area is 165 Å². The molecule has 0 amide bonds. The molecule has 0 spiro atoms. The van der Waals surface area contributed by atoms with Crippen molar-refractivity contribution < 1.29 is 4.39 Å². The first kappa shape index (κ1) is 17.0. The van der Waals surface area contributed by atoms with Gasteiger partial charge >= 0.3 is 0 Å². The molecular weight excluding hydrogens is 367 g/mol. The highest BCUT2D eigenvalue weighted by molar-refractivity contribution is 5.69. The number of hydrogen-bond donors (Lipinski definition) is 1. The fraction of sp³-hybridized carbons (Fsp3) is 0. The van der Waals surface area contributed by atoms with Crippen LogP contribution in [0.15, 0.2) is 85.2 Å². The largest absolute Gasteiger partial charge is 0.340 e. The smallest absolute Gasteiger partial charge is 0.255 e. The number of anilines is 2. The molecule has 0 aliphatic heterocycles. The Bertz CT molecular complexity index is 1270. The molecule has 2 aromatic carbocycles. The molecule has 0 radical (unpaired) electrons. The van der Waals surface area contributed by atoms with E-state index in [4.69, 9.17) is 0 Å². The van der Waals surface area contributed by atoms with Gasteiger partial charge in [-0.05, 0) is 36.4 Å². The second-order valence-electron chi connectivity index (χ2n) is 6.41. The molecule has 0 unspecified atom stereocenters. The van der Waals surface area contributed by atoms with Crippen molar-refractivity contribution in [3.63, 3.8) is 0 Å². The Hall–Kier alpha value is -4.13. The van der Waals surface area contributed by atoms with Gasteiger partial charge in [0.1, 0.15) is 11.6 Å². The van der Waals surface area contributed by atoms with Crippen molar-refractivity contribution >= 4 is 17.3 Å². The maximum absolute atomic E-state index is 13.3. The summed E-state index contributed by atoms with van der Waals surface area (Å²) in [5.41, 5.74) is 3.25. The maximum Gasteiger partial charge on any atom is 0.255 e. The third-order valence-corrected chi connectivity index (χ3v) is 4.42. The fourth-order valence-electron chi connectivity index (χ4n) is 3.01. The van der Waals surface area contributed by atoms with Gasteiger partial charge in [-0.2, -0.15) is 9.50 Å². The van der Waals surface area contributed by atoms with Crippen LogP contribution in [-0.2, 0) is 0 Å². The number of nitrogens with one attached hydrogen (secondary N) is 1. The zero-order valence-corrected chi connectivity index (χ0v) is 15.2. The molecular formula is C22H15FN6. The predicted octanol–water partition coefficient (Wildman–Crippen LogP) is 4.74. The van der Waals surface area contributed by atoms with Crippen LogP contribution in [0.1, 0.15) is 0 Å². The van der Waals surface area contributed by atoms with Gasteiger partial charge < -0.3 is 5.32 Å². The summed E-state index contributed by atoms with van der Waals surface area (Å²) in [5.74, 6) is 1.36. The number of halogens is 1. The number of hydrogen-bond acceptors (Lipinski definition) is 5. The lowest BCUT2D eigenvalue weighted by Gasteiger charge is -2.10. The second kappa shape index (κ2) is 7.12. The average Bonchev–Trinajstić information content (AvgIpc) is 3.21. The minimum atomic E-state index is -0.292. The number of rotatable bonds is 4. The minimum absolute atomic E-state index is 0.292. The van der Waals surface area contributed by atoms with Crippen molar-refractivity contribution in [2.45, 2.75) is 0 Å². The molecule has 0 aliphatic carbocycles. The van der Waals surface area contributed by atoms with E-state index in [1.807, 2.05) is 48.5 Å². The third kappa shape index (κ3) is 3.41. The van der Waals surface area contributed by atoms with Gasteiger partial charge in [-0.15, -0.1) is 5.10 Å². The lowest BCUT2D eigenvalue weighted by molar-refractivity contribution is 0.628. The Morgan fingerprint density at radius 1 is 0.828 bits per heavy atom. The Morgan fingerprint density at radius 3 is 2.38 bits per heavy atom. The van der Waals surface area contributed by atoms with Gasteiger partial charge in [0.25, 0.3) is 5.78 Å². The summed E-state index contributed by atoms with van der Waals surface area (Å²) < 4.78 is 14.9. The highest BCUT2D eigenvalue weighted by Gasteiger charge is 2.14. The molecule has 3 heterocycles. The van der Waals surface area contributed by atoms with E-state index in [2.05, 4.69) is 25.4 Å². The number of nitrogens with zero attached hydrogens (tertiary/aromatic N) is 5. The molecule has 0 fully saturated rings. The van der Waals surface area contributed by atoms with Crippen LogP contribution >= 0.6 is 0 Å². The van der Waals surface area contributed by atoms with Crippen molar-refractivity contribution in [2.75, 3.05) is 5.32 Å². The zero-order valence-electron chi connectivity index (χ0n) is 15.2. The molecule has 0 bridgehead atoms. The monoisotopic (exact) mass is 382 g/mol. The summed E-state index contributed by atoms with van der Waals surface area (Å²) in [6.07, 6.45) is 3.41. The van der Waals surface area contributed by atoms with E-state index in [0.29, 0.717) is 17.4 Å². The van der Waals surface area contributed by atoms with Crippen molar-refractivity contribution in [2.24, 2.45) is 0 Å². The molecule has 0 saturated heterocycles. The van der Waals surface area contributed by atoms with E-state index in [1.54, 1.807) is 29.0 Å². The SMILES string of the molecule is Fc1ccc(Nc2cc(-c3ccccc3)nc3nc(-c4cccnc4)nn23)cc1. The number of fused-ring (bicyclic) bond motifs is 1. The first-order chi connectivity index (χ1) is 14.3. The molecule has 6 nitrogen and oxygen atoms in total. The molecule has 0 atom stereocenters. The lowest BCUT2D eigenvalue weighted by Crippen LogP contribution is -2.02. The van der Waals surface area contributed by atoms with Gasteiger partial charge in [-0.25, -0.2) is 9.37 Å². The molecule has 0 aliphatic rings. The molecule has 1 N–H and O–H groups in total. The second-order valence-corrected chi connectivity index (χ2v) is 6.41.